The first-order valence-corrected chi connectivity index (χ1v) is 7.05. The molecule has 0 heterocycles. The summed E-state index contributed by atoms with van der Waals surface area (Å²) in [6, 6.07) is 14.2. The zero-order chi connectivity index (χ0) is 15.8. The van der Waals surface area contributed by atoms with Crippen LogP contribution in [0.2, 0.25) is 0 Å². The van der Waals surface area contributed by atoms with Gasteiger partial charge in [-0.2, -0.15) is 0 Å². The molecule has 0 bridgehead atoms. The molecule has 1 N–H and O–H groups in total. The molecule has 0 aliphatic heterocycles. The Morgan fingerprint density at radius 2 is 1.95 bits per heavy atom. The molecule has 0 unspecified atom stereocenters. The molecule has 0 amide bonds. The zero-order valence-electron chi connectivity index (χ0n) is 12.4. The van der Waals surface area contributed by atoms with Gasteiger partial charge in [0.2, 0.25) is 0 Å². The lowest BCUT2D eigenvalue weighted by molar-refractivity contribution is 0.104. The van der Waals surface area contributed by atoms with Gasteiger partial charge in [-0.1, -0.05) is 48.6 Å². The summed E-state index contributed by atoms with van der Waals surface area (Å²) in [7, 11) is 0. The van der Waals surface area contributed by atoms with Gasteiger partial charge in [-0.05, 0) is 30.7 Å². The molecule has 0 atom stereocenters. The fourth-order valence-corrected chi connectivity index (χ4v) is 1.88. The van der Waals surface area contributed by atoms with Crippen molar-refractivity contribution in [3.63, 3.8) is 0 Å². The molecule has 22 heavy (non-hydrogen) atoms. The van der Waals surface area contributed by atoms with Crippen LogP contribution in [0, 0.1) is 0 Å². The normalized spacial score (nSPS) is 11.1. The van der Waals surface area contributed by atoms with E-state index in [1.807, 2.05) is 49.4 Å². The van der Waals surface area contributed by atoms with Gasteiger partial charge in [0.05, 0.1) is 5.56 Å². The van der Waals surface area contributed by atoms with Crippen molar-refractivity contribution in [2.24, 2.45) is 0 Å². The summed E-state index contributed by atoms with van der Waals surface area (Å²) in [6.45, 7) is 2.33. The van der Waals surface area contributed by atoms with Crippen LogP contribution >= 0.6 is 0 Å². The van der Waals surface area contributed by atoms with Crippen LogP contribution in [0.3, 0.4) is 0 Å². The van der Waals surface area contributed by atoms with Gasteiger partial charge in [-0.15, -0.1) is 0 Å². The third kappa shape index (κ3) is 4.35. The Balaban J connectivity index is 2.08. The van der Waals surface area contributed by atoms with Crippen molar-refractivity contribution in [2.45, 2.75) is 6.92 Å². The molecule has 0 radical (unpaired) electrons. The highest BCUT2D eigenvalue weighted by atomic mass is 16.5. The molecule has 0 saturated carbocycles. The monoisotopic (exact) mass is 294 g/mol. The highest BCUT2D eigenvalue weighted by molar-refractivity contribution is 6.08. The Labute approximate surface area is 130 Å². The van der Waals surface area contributed by atoms with Gasteiger partial charge in [0.1, 0.15) is 18.1 Å². The van der Waals surface area contributed by atoms with Gasteiger partial charge >= 0.3 is 0 Å². The Kier molecular flexibility index (Phi) is 5.55. The molecule has 3 heteroatoms. The van der Waals surface area contributed by atoms with Crippen molar-refractivity contribution >= 4 is 11.9 Å². The van der Waals surface area contributed by atoms with Gasteiger partial charge in [-0.3, -0.25) is 4.79 Å². The highest BCUT2D eigenvalue weighted by Gasteiger charge is 2.09. The molecule has 0 aliphatic rings. The number of allylic oxidation sites excluding steroid dienone is 2. The summed E-state index contributed by atoms with van der Waals surface area (Å²) in [6.07, 6.45) is 6.91. The van der Waals surface area contributed by atoms with E-state index < -0.39 is 0 Å². The van der Waals surface area contributed by atoms with Gasteiger partial charge in [-0.25, -0.2) is 0 Å². The van der Waals surface area contributed by atoms with E-state index in [1.54, 1.807) is 18.2 Å². The number of phenolic OH excluding ortho intramolecular Hbond substituents is 1. The number of hydrogen-bond acceptors (Lipinski definition) is 3. The van der Waals surface area contributed by atoms with Crippen LogP contribution in [-0.2, 0) is 0 Å². The SMILES string of the molecule is CC=CCOc1ccc(C(=O)C=Cc2ccccc2)c(O)c1. The topological polar surface area (TPSA) is 46.5 Å². The van der Waals surface area contributed by atoms with Crippen LogP contribution < -0.4 is 4.74 Å². The molecule has 0 aromatic heterocycles. The predicted octanol–water partition coefficient (Wildman–Crippen LogP) is 4.24. The number of carbonyl (C=O) groups is 1. The number of carbonyl (C=O) groups excluding carboxylic acids is 1. The summed E-state index contributed by atoms with van der Waals surface area (Å²) in [5.41, 5.74) is 1.19. The minimum atomic E-state index is -0.249. The van der Waals surface area contributed by atoms with Crippen molar-refractivity contribution < 1.29 is 14.6 Å². The maximum Gasteiger partial charge on any atom is 0.189 e. The number of benzene rings is 2. The summed E-state index contributed by atoms with van der Waals surface area (Å²) < 4.78 is 5.42. The van der Waals surface area contributed by atoms with Crippen LogP contribution in [0.1, 0.15) is 22.8 Å². The van der Waals surface area contributed by atoms with Crippen molar-refractivity contribution in [2.75, 3.05) is 6.61 Å². The van der Waals surface area contributed by atoms with E-state index in [0.29, 0.717) is 12.4 Å². The largest absolute Gasteiger partial charge is 0.507 e. The fraction of sp³-hybridized carbons (Fsp3) is 0.105. The Morgan fingerprint density at radius 1 is 1.18 bits per heavy atom. The Bertz CT molecular complexity index is 685. The first-order valence-electron chi connectivity index (χ1n) is 7.05. The first kappa shape index (κ1) is 15.6. The van der Waals surface area contributed by atoms with Crippen molar-refractivity contribution in [3.05, 3.63) is 77.9 Å². The second-order valence-corrected chi connectivity index (χ2v) is 4.67. The van der Waals surface area contributed by atoms with E-state index in [9.17, 15) is 9.90 Å². The smallest absolute Gasteiger partial charge is 0.189 e. The molecule has 0 saturated heterocycles. The van der Waals surface area contributed by atoms with E-state index >= 15 is 0 Å². The van der Waals surface area contributed by atoms with Crippen LogP contribution in [0.15, 0.2) is 66.8 Å². The molecule has 112 valence electrons. The average Bonchev–Trinajstić information content (AvgIpc) is 2.54. The quantitative estimate of drug-likeness (QED) is 0.492. The van der Waals surface area contributed by atoms with E-state index in [1.165, 1.54) is 12.1 Å². The number of aromatic hydroxyl groups is 1. The molecule has 2 aromatic rings. The summed E-state index contributed by atoms with van der Waals surface area (Å²) in [5, 5.41) is 9.96. The summed E-state index contributed by atoms with van der Waals surface area (Å²) in [5.74, 6) is 0.196. The molecule has 0 fully saturated rings. The molecule has 3 nitrogen and oxygen atoms in total. The number of phenols is 1. The molecule has 0 spiro atoms. The van der Waals surface area contributed by atoms with E-state index in [4.69, 9.17) is 4.74 Å². The standard InChI is InChI=1S/C19H18O3/c1-2-3-13-22-16-10-11-17(19(21)14-16)18(20)12-9-15-7-5-4-6-8-15/h2-12,14,21H,13H2,1H3. The van der Waals surface area contributed by atoms with Gasteiger partial charge in [0.25, 0.3) is 0 Å². The lowest BCUT2D eigenvalue weighted by Gasteiger charge is -2.06. The second-order valence-electron chi connectivity index (χ2n) is 4.67. The minimum Gasteiger partial charge on any atom is -0.507 e. The van der Waals surface area contributed by atoms with Crippen LogP contribution in [0.5, 0.6) is 11.5 Å². The Hall–Kier alpha value is -2.81. The maximum atomic E-state index is 12.1. The fourth-order valence-electron chi connectivity index (χ4n) is 1.88. The number of rotatable bonds is 6. The third-order valence-corrected chi connectivity index (χ3v) is 3.04. The van der Waals surface area contributed by atoms with Crippen LogP contribution in [-0.4, -0.2) is 17.5 Å². The molecule has 0 aliphatic carbocycles. The van der Waals surface area contributed by atoms with Crippen molar-refractivity contribution in [1.82, 2.24) is 0 Å². The number of hydrogen-bond donors (Lipinski definition) is 1. The van der Waals surface area contributed by atoms with Gasteiger partial charge in [0, 0.05) is 6.07 Å². The van der Waals surface area contributed by atoms with E-state index in [0.717, 1.165) is 5.56 Å². The molecular weight excluding hydrogens is 276 g/mol. The third-order valence-electron chi connectivity index (χ3n) is 3.04. The summed E-state index contributed by atoms with van der Waals surface area (Å²) in [4.78, 5) is 12.1. The molecule has 2 rings (SSSR count). The first-order chi connectivity index (χ1) is 10.7. The van der Waals surface area contributed by atoms with Crippen LogP contribution in [0.25, 0.3) is 6.08 Å². The lowest BCUT2D eigenvalue weighted by Crippen LogP contribution is -1.97. The number of ether oxygens (including phenoxy) is 1. The van der Waals surface area contributed by atoms with E-state index in [-0.39, 0.29) is 17.1 Å². The summed E-state index contributed by atoms with van der Waals surface area (Å²) >= 11 is 0. The molecular formula is C19H18O3. The highest BCUT2D eigenvalue weighted by Crippen LogP contribution is 2.24. The predicted molar refractivity (Wildman–Crippen MR) is 88.2 cm³/mol. The van der Waals surface area contributed by atoms with Crippen LogP contribution in [0.4, 0.5) is 0 Å². The van der Waals surface area contributed by atoms with Gasteiger partial charge < -0.3 is 9.84 Å². The number of ketones is 1. The van der Waals surface area contributed by atoms with E-state index in [2.05, 4.69) is 0 Å². The lowest BCUT2D eigenvalue weighted by atomic mass is 10.1. The minimum absolute atomic E-state index is 0.0827. The zero-order valence-corrected chi connectivity index (χ0v) is 12.4. The molecule has 2 aromatic carbocycles. The van der Waals surface area contributed by atoms with Gasteiger partial charge in [0.15, 0.2) is 5.78 Å². The van der Waals surface area contributed by atoms with Crippen molar-refractivity contribution in [3.8, 4) is 11.5 Å². The second kappa shape index (κ2) is 7.84. The Morgan fingerprint density at radius 3 is 2.64 bits per heavy atom. The average molecular weight is 294 g/mol. The maximum absolute atomic E-state index is 12.1. The van der Waals surface area contributed by atoms with Crippen molar-refractivity contribution in [1.29, 1.82) is 0 Å².